The number of aryl methyl sites for hydroxylation is 1. The number of hydrogen-bond donors (Lipinski definition) is 1. The Morgan fingerprint density at radius 1 is 0.848 bits per heavy atom. The Bertz CT molecular complexity index is 1640. The summed E-state index contributed by atoms with van der Waals surface area (Å²) in [5.41, 5.74) is 1.27. The van der Waals surface area contributed by atoms with E-state index in [0.29, 0.717) is 17.9 Å². The lowest BCUT2D eigenvalue weighted by Gasteiger charge is -2.35. The quantitative estimate of drug-likeness (QED) is 0.259. The second kappa shape index (κ2) is 15.2. The number of methoxy groups -OCH3 is 4. The second-order valence-corrected chi connectivity index (χ2v) is 13.5. The van der Waals surface area contributed by atoms with Crippen LogP contribution in [-0.4, -0.2) is 71.7 Å². The molecule has 0 aliphatic carbocycles. The lowest BCUT2D eigenvalue weighted by molar-refractivity contribution is -0.141. The molecule has 2 amide bonds. The van der Waals surface area contributed by atoms with Gasteiger partial charge in [-0.05, 0) is 69.5 Å². The van der Waals surface area contributed by atoms with Crippen molar-refractivity contribution in [3.63, 3.8) is 0 Å². The summed E-state index contributed by atoms with van der Waals surface area (Å²) in [7, 11) is 1.26. The largest absolute Gasteiger partial charge is 0.497 e. The number of amides is 2. The van der Waals surface area contributed by atoms with Crippen molar-refractivity contribution in [3.05, 3.63) is 71.8 Å². The molecule has 0 saturated carbocycles. The molecule has 12 heteroatoms. The molecular formula is C34H45N3O8S. The zero-order valence-electron chi connectivity index (χ0n) is 28.0. The minimum Gasteiger partial charge on any atom is -0.497 e. The number of carbonyl (C=O) groups excluding carboxylic acids is 2. The summed E-state index contributed by atoms with van der Waals surface area (Å²) >= 11 is 0. The van der Waals surface area contributed by atoms with E-state index < -0.39 is 34.1 Å². The van der Waals surface area contributed by atoms with Gasteiger partial charge in [0.05, 0.1) is 39.0 Å². The third kappa shape index (κ3) is 8.42. The highest BCUT2D eigenvalue weighted by atomic mass is 32.2. The van der Waals surface area contributed by atoms with Crippen LogP contribution in [0.2, 0.25) is 0 Å². The third-order valence-electron chi connectivity index (χ3n) is 7.36. The maximum atomic E-state index is 14.5. The van der Waals surface area contributed by atoms with E-state index in [1.165, 1.54) is 57.6 Å². The van der Waals surface area contributed by atoms with E-state index in [2.05, 4.69) is 5.32 Å². The minimum absolute atomic E-state index is 0.0769. The van der Waals surface area contributed by atoms with Crippen LogP contribution in [0.25, 0.3) is 0 Å². The molecule has 0 heterocycles. The highest BCUT2D eigenvalue weighted by Crippen LogP contribution is 2.38. The molecule has 0 fully saturated rings. The van der Waals surface area contributed by atoms with E-state index in [-0.39, 0.29) is 34.5 Å². The van der Waals surface area contributed by atoms with E-state index in [9.17, 15) is 18.0 Å². The van der Waals surface area contributed by atoms with Gasteiger partial charge in [-0.25, -0.2) is 8.42 Å². The van der Waals surface area contributed by atoms with E-state index in [4.69, 9.17) is 18.9 Å². The van der Waals surface area contributed by atoms with Crippen LogP contribution in [0, 0.1) is 6.92 Å². The summed E-state index contributed by atoms with van der Waals surface area (Å²) < 4.78 is 51.6. The number of rotatable bonds is 14. The maximum absolute atomic E-state index is 14.5. The zero-order chi connectivity index (χ0) is 34.2. The first-order valence-electron chi connectivity index (χ1n) is 14.8. The van der Waals surface area contributed by atoms with Gasteiger partial charge >= 0.3 is 0 Å². The minimum atomic E-state index is -4.45. The Labute approximate surface area is 272 Å². The summed E-state index contributed by atoms with van der Waals surface area (Å²) in [6, 6.07) is 15.5. The summed E-state index contributed by atoms with van der Waals surface area (Å²) in [5.74, 6) is 0.143. The number of anilines is 1. The molecule has 0 saturated heterocycles. The Morgan fingerprint density at radius 2 is 1.48 bits per heavy atom. The average molecular weight is 656 g/mol. The van der Waals surface area contributed by atoms with E-state index in [1.54, 1.807) is 12.1 Å². The topological polar surface area (TPSA) is 124 Å². The summed E-state index contributed by atoms with van der Waals surface area (Å²) in [6.45, 7) is 8.75. The van der Waals surface area contributed by atoms with Crippen LogP contribution in [-0.2, 0) is 26.2 Å². The summed E-state index contributed by atoms with van der Waals surface area (Å²) in [4.78, 5) is 29.4. The molecule has 0 spiro atoms. The molecule has 0 aliphatic heterocycles. The molecule has 11 nitrogen and oxygen atoms in total. The predicted molar refractivity (Wildman–Crippen MR) is 177 cm³/mol. The van der Waals surface area contributed by atoms with E-state index in [0.717, 1.165) is 15.4 Å². The number of benzene rings is 3. The molecule has 1 atom stereocenters. The monoisotopic (exact) mass is 655 g/mol. The van der Waals surface area contributed by atoms with Crippen molar-refractivity contribution in [3.8, 4) is 23.0 Å². The van der Waals surface area contributed by atoms with Crippen LogP contribution < -0.4 is 28.6 Å². The standard InChI is InChI=1S/C34H45N3O8S/c1-10-27(33(39)35-34(3,4)5)36(21-24-14-12-11-13-23(24)2)32(38)22-37(28-19-25(42-6)15-17-29(28)43-7)46(40,41)26-16-18-30(44-8)31(20-26)45-9/h11-20,27H,10,21-22H2,1-9H3,(H,35,39)/t27-/m0/s1. The third-order valence-corrected chi connectivity index (χ3v) is 9.12. The van der Waals surface area contributed by atoms with Gasteiger partial charge in [0.25, 0.3) is 10.0 Å². The average Bonchev–Trinajstić information content (AvgIpc) is 3.02. The number of hydrogen-bond acceptors (Lipinski definition) is 8. The molecule has 0 aliphatic rings. The van der Waals surface area contributed by atoms with Crippen LogP contribution in [0.3, 0.4) is 0 Å². The van der Waals surface area contributed by atoms with Crippen molar-refractivity contribution >= 4 is 27.5 Å². The van der Waals surface area contributed by atoms with Gasteiger partial charge in [-0.2, -0.15) is 0 Å². The van der Waals surface area contributed by atoms with Crippen LogP contribution >= 0.6 is 0 Å². The Balaban J connectivity index is 2.22. The molecule has 0 unspecified atom stereocenters. The fourth-order valence-corrected chi connectivity index (χ4v) is 6.39. The van der Waals surface area contributed by atoms with Crippen molar-refractivity contribution in [2.75, 3.05) is 39.3 Å². The van der Waals surface area contributed by atoms with Gasteiger partial charge in [0.2, 0.25) is 11.8 Å². The van der Waals surface area contributed by atoms with Crippen molar-refractivity contribution in [1.82, 2.24) is 10.2 Å². The van der Waals surface area contributed by atoms with Crippen LogP contribution in [0.1, 0.15) is 45.2 Å². The van der Waals surface area contributed by atoms with Crippen LogP contribution in [0.4, 0.5) is 5.69 Å². The Morgan fingerprint density at radius 3 is 2.04 bits per heavy atom. The number of nitrogens with one attached hydrogen (secondary N) is 1. The SMILES string of the molecule is CC[C@@H](C(=O)NC(C)(C)C)N(Cc1ccccc1C)C(=O)CN(c1cc(OC)ccc1OC)S(=O)(=O)c1ccc(OC)c(OC)c1. The Kier molecular flexibility index (Phi) is 11.9. The van der Waals surface area contributed by atoms with E-state index in [1.807, 2.05) is 58.9 Å². The maximum Gasteiger partial charge on any atom is 0.265 e. The zero-order valence-corrected chi connectivity index (χ0v) is 28.9. The molecular weight excluding hydrogens is 610 g/mol. The van der Waals surface area contributed by atoms with Crippen molar-refractivity contribution in [2.24, 2.45) is 0 Å². The van der Waals surface area contributed by atoms with Gasteiger partial charge in [0, 0.05) is 24.2 Å². The first kappa shape index (κ1) is 36.0. The van der Waals surface area contributed by atoms with Gasteiger partial charge in [-0.15, -0.1) is 0 Å². The van der Waals surface area contributed by atoms with E-state index >= 15 is 0 Å². The molecule has 250 valence electrons. The van der Waals surface area contributed by atoms with Gasteiger partial charge in [0.1, 0.15) is 24.1 Å². The van der Waals surface area contributed by atoms with Gasteiger partial charge in [0.15, 0.2) is 11.5 Å². The molecule has 3 aromatic rings. The van der Waals surface area contributed by atoms with Gasteiger partial charge < -0.3 is 29.2 Å². The molecule has 1 N–H and O–H groups in total. The van der Waals surface area contributed by atoms with Crippen LogP contribution in [0.15, 0.2) is 65.6 Å². The van der Waals surface area contributed by atoms with Gasteiger partial charge in [-0.3, -0.25) is 13.9 Å². The fourth-order valence-electron chi connectivity index (χ4n) is 4.95. The molecule has 0 bridgehead atoms. The summed E-state index contributed by atoms with van der Waals surface area (Å²) in [6.07, 6.45) is 0.296. The molecule has 0 aromatic heterocycles. The molecule has 46 heavy (non-hydrogen) atoms. The van der Waals surface area contributed by atoms with Gasteiger partial charge in [-0.1, -0.05) is 31.2 Å². The smallest absolute Gasteiger partial charge is 0.265 e. The number of sulfonamides is 1. The second-order valence-electron chi connectivity index (χ2n) is 11.7. The predicted octanol–water partition coefficient (Wildman–Crippen LogP) is 4.95. The number of nitrogens with zero attached hydrogens (tertiary/aromatic N) is 2. The number of ether oxygens (including phenoxy) is 4. The molecule has 3 aromatic carbocycles. The molecule has 3 rings (SSSR count). The molecule has 0 radical (unpaired) electrons. The van der Waals surface area contributed by atoms with Crippen molar-refractivity contribution < 1.29 is 37.0 Å². The lowest BCUT2D eigenvalue weighted by Crippen LogP contribution is -2.55. The van der Waals surface area contributed by atoms with Crippen molar-refractivity contribution in [2.45, 2.75) is 64.1 Å². The highest BCUT2D eigenvalue weighted by Gasteiger charge is 2.36. The first-order valence-corrected chi connectivity index (χ1v) is 16.3. The fraction of sp³-hybridized carbons (Fsp3) is 0.412. The van der Waals surface area contributed by atoms with Crippen molar-refractivity contribution in [1.29, 1.82) is 0 Å². The first-order chi connectivity index (χ1) is 21.7. The summed E-state index contributed by atoms with van der Waals surface area (Å²) in [5, 5.41) is 2.98. The Hall–Kier alpha value is -4.45. The van der Waals surface area contributed by atoms with Crippen LogP contribution in [0.5, 0.6) is 23.0 Å². The lowest BCUT2D eigenvalue weighted by atomic mass is 10.0. The highest BCUT2D eigenvalue weighted by molar-refractivity contribution is 7.92. The number of carbonyl (C=O) groups is 2. The normalized spacial score (nSPS) is 12.1.